The van der Waals surface area contributed by atoms with Gasteiger partial charge in [-0.1, -0.05) is 65.8 Å². The average molecular weight is 395 g/mol. The van der Waals surface area contributed by atoms with E-state index in [1.54, 1.807) is 16.8 Å². The molecular formula is C20H15ClN4OS. The van der Waals surface area contributed by atoms with Crippen LogP contribution in [0.1, 0.15) is 5.56 Å². The Kier molecular flexibility index (Phi) is 5.09. The van der Waals surface area contributed by atoms with Gasteiger partial charge < -0.3 is 4.98 Å². The van der Waals surface area contributed by atoms with Crippen LogP contribution in [0.25, 0.3) is 22.8 Å². The van der Waals surface area contributed by atoms with E-state index in [-0.39, 0.29) is 5.56 Å². The summed E-state index contributed by atoms with van der Waals surface area (Å²) in [7, 11) is 0. The molecule has 7 heteroatoms. The maximum Gasteiger partial charge on any atom is 0.262 e. The molecule has 0 atom stereocenters. The first-order valence-corrected chi connectivity index (χ1v) is 9.65. The smallest absolute Gasteiger partial charge is 0.262 e. The minimum absolute atomic E-state index is 0.199. The average Bonchev–Trinajstić information content (AvgIpc) is 3.11. The van der Waals surface area contributed by atoms with Gasteiger partial charge in [0, 0.05) is 10.8 Å². The van der Waals surface area contributed by atoms with E-state index in [9.17, 15) is 4.79 Å². The van der Waals surface area contributed by atoms with Crippen LogP contribution < -0.4 is 5.56 Å². The highest BCUT2D eigenvalue weighted by atomic mass is 35.5. The predicted octanol–water partition coefficient (Wildman–Crippen LogP) is 4.57. The molecule has 27 heavy (non-hydrogen) atoms. The number of rotatable bonds is 5. The van der Waals surface area contributed by atoms with E-state index in [1.807, 2.05) is 54.6 Å². The molecule has 0 aliphatic carbocycles. The Morgan fingerprint density at radius 2 is 1.89 bits per heavy atom. The van der Waals surface area contributed by atoms with E-state index in [2.05, 4.69) is 15.1 Å². The van der Waals surface area contributed by atoms with Gasteiger partial charge in [-0.15, -0.1) is 0 Å². The highest BCUT2D eigenvalue weighted by molar-refractivity contribution is 7.99. The molecule has 4 aromatic rings. The highest BCUT2D eigenvalue weighted by Gasteiger charge is 2.11. The largest absolute Gasteiger partial charge is 0.301 e. The van der Waals surface area contributed by atoms with E-state index < -0.39 is 0 Å². The molecule has 0 fully saturated rings. The summed E-state index contributed by atoms with van der Waals surface area (Å²) >= 11 is 7.41. The zero-order valence-corrected chi connectivity index (χ0v) is 15.7. The summed E-state index contributed by atoms with van der Waals surface area (Å²) in [5, 5.41) is 5.95. The molecule has 0 amide bonds. The van der Waals surface area contributed by atoms with Crippen molar-refractivity contribution >= 4 is 40.5 Å². The van der Waals surface area contributed by atoms with Crippen LogP contribution in [-0.4, -0.2) is 25.5 Å². The SMILES string of the molecule is O=c1[nH]c(SC/C=C/c2ccccc2)nc2c1cnn2-c1ccc(Cl)cc1. The fourth-order valence-corrected chi connectivity index (χ4v) is 3.41. The monoisotopic (exact) mass is 394 g/mol. The molecule has 1 N–H and O–H groups in total. The minimum atomic E-state index is -0.199. The third-order valence-electron chi connectivity index (χ3n) is 3.91. The number of fused-ring (bicyclic) bond motifs is 1. The summed E-state index contributed by atoms with van der Waals surface area (Å²) in [5.74, 6) is 0.693. The molecule has 0 spiro atoms. The van der Waals surface area contributed by atoms with E-state index in [1.165, 1.54) is 18.0 Å². The molecule has 0 saturated carbocycles. The lowest BCUT2D eigenvalue weighted by Crippen LogP contribution is -2.09. The first kappa shape index (κ1) is 17.6. The number of thioether (sulfide) groups is 1. The second-order valence-corrected chi connectivity index (χ2v) is 7.21. The van der Waals surface area contributed by atoms with Crippen molar-refractivity contribution in [1.29, 1.82) is 0 Å². The molecule has 4 rings (SSSR count). The molecule has 0 radical (unpaired) electrons. The quantitative estimate of drug-likeness (QED) is 0.398. The Bertz CT molecular complexity index is 1150. The molecule has 0 saturated heterocycles. The predicted molar refractivity (Wildman–Crippen MR) is 111 cm³/mol. The molecule has 5 nitrogen and oxygen atoms in total. The molecule has 0 bridgehead atoms. The van der Waals surface area contributed by atoms with Crippen LogP contribution >= 0.6 is 23.4 Å². The maximum atomic E-state index is 12.4. The fourth-order valence-electron chi connectivity index (χ4n) is 2.61. The van der Waals surface area contributed by atoms with E-state index in [4.69, 9.17) is 11.6 Å². The zero-order chi connectivity index (χ0) is 18.6. The lowest BCUT2D eigenvalue weighted by Gasteiger charge is -2.04. The van der Waals surface area contributed by atoms with Crippen molar-refractivity contribution in [2.75, 3.05) is 5.75 Å². The van der Waals surface area contributed by atoms with E-state index >= 15 is 0 Å². The van der Waals surface area contributed by atoms with Crippen LogP contribution in [0.5, 0.6) is 0 Å². The van der Waals surface area contributed by atoms with Crippen LogP contribution in [0.3, 0.4) is 0 Å². The third-order valence-corrected chi connectivity index (χ3v) is 4.99. The normalized spacial score (nSPS) is 11.4. The Hall–Kier alpha value is -2.83. The van der Waals surface area contributed by atoms with E-state index in [0.717, 1.165) is 11.3 Å². The molecule has 0 aliphatic heterocycles. The Morgan fingerprint density at radius 3 is 2.67 bits per heavy atom. The van der Waals surface area contributed by atoms with Crippen LogP contribution in [0, 0.1) is 0 Å². The van der Waals surface area contributed by atoms with Crippen LogP contribution in [0.2, 0.25) is 5.02 Å². The Labute approximate surface area is 164 Å². The summed E-state index contributed by atoms with van der Waals surface area (Å²) < 4.78 is 1.64. The van der Waals surface area contributed by atoms with Crippen molar-refractivity contribution in [3.8, 4) is 5.69 Å². The van der Waals surface area contributed by atoms with Gasteiger partial charge in [0.25, 0.3) is 5.56 Å². The number of hydrogen-bond donors (Lipinski definition) is 1. The van der Waals surface area contributed by atoms with Crippen LogP contribution in [0.15, 0.2) is 76.8 Å². The third kappa shape index (κ3) is 3.97. The van der Waals surface area contributed by atoms with Gasteiger partial charge in [-0.25, -0.2) is 9.67 Å². The van der Waals surface area contributed by atoms with Gasteiger partial charge in [-0.05, 0) is 29.8 Å². The number of H-pyrrole nitrogens is 1. The van der Waals surface area contributed by atoms with Gasteiger partial charge in [0.05, 0.1) is 11.9 Å². The minimum Gasteiger partial charge on any atom is -0.301 e. The lowest BCUT2D eigenvalue weighted by atomic mass is 10.2. The Balaban J connectivity index is 1.59. The summed E-state index contributed by atoms with van der Waals surface area (Å²) in [5.41, 5.74) is 2.26. The van der Waals surface area contributed by atoms with E-state index in [0.29, 0.717) is 27.0 Å². The molecule has 2 heterocycles. The summed E-state index contributed by atoms with van der Waals surface area (Å²) in [6.07, 6.45) is 5.61. The number of aromatic nitrogens is 4. The van der Waals surface area contributed by atoms with Gasteiger partial charge in [0.2, 0.25) is 0 Å². The number of halogens is 1. The van der Waals surface area contributed by atoms with Crippen molar-refractivity contribution < 1.29 is 0 Å². The van der Waals surface area contributed by atoms with Crippen molar-refractivity contribution in [2.45, 2.75) is 5.16 Å². The van der Waals surface area contributed by atoms with Gasteiger partial charge in [-0.3, -0.25) is 4.79 Å². The second kappa shape index (κ2) is 7.82. The molecule has 0 aliphatic rings. The van der Waals surface area contributed by atoms with Crippen molar-refractivity contribution in [1.82, 2.24) is 19.7 Å². The first-order chi connectivity index (χ1) is 13.2. The topological polar surface area (TPSA) is 63.6 Å². The molecule has 2 aromatic carbocycles. The molecule has 0 unspecified atom stereocenters. The van der Waals surface area contributed by atoms with Crippen LogP contribution in [-0.2, 0) is 0 Å². The fraction of sp³-hybridized carbons (Fsp3) is 0.0500. The van der Waals surface area contributed by atoms with Crippen molar-refractivity contribution in [3.63, 3.8) is 0 Å². The van der Waals surface area contributed by atoms with Crippen molar-refractivity contribution in [3.05, 3.63) is 87.8 Å². The summed E-state index contributed by atoms with van der Waals surface area (Å²) in [6.45, 7) is 0. The summed E-state index contributed by atoms with van der Waals surface area (Å²) in [6, 6.07) is 17.3. The number of hydrogen-bond acceptors (Lipinski definition) is 4. The van der Waals surface area contributed by atoms with Crippen LogP contribution in [0.4, 0.5) is 0 Å². The molecular weight excluding hydrogens is 380 g/mol. The molecule has 2 aromatic heterocycles. The number of nitrogens with zero attached hydrogens (tertiary/aromatic N) is 3. The first-order valence-electron chi connectivity index (χ1n) is 8.29. The van der Waals surface area contributed by atoms with Gasteiger partial charge in [-0.2, -0.15) is 5.10 Å². The van der Waals surface area contributed by atoms with Crippen molar-refractivity contribution in [2.24, 2.45) is 0 Å². The van der Waals surface area contributed by atoms with Gasteiger partial charge in [0.15, 0.2) is 10.8 Å². The lowest BCUT2D eigenvalue weighted by molar-refractivity contribution is 0.873. The number of nitrogens with one attached hydrogen (secondary N) is 1. The highest BCUT2D eigenvalue weighted by Crippen LogP contribution is 2.19. The maximum absolute atomic E-state index is 12.4. The van der Waals surface area contributed by atoms with Gasteiger partial charge >= 0.3 is 0 Å². The number of aromatic amines is 1. The van der Waals surface area contributed by atoms with Gasteiger partial charge in [0.1, 0.15) is 5.39 Å². The zero-order valence-electron chi connectivity index (χ0n) is 14.2. The number of benzene rings is 2. The molecule has 134 valence electrons. The Morgan fingerprint density at radius 1 is 1.11 bits per heavy atom. The second-order valence-electron chi connectivity index (χ2n) is 5.77. The standard InChI is InChI=1S/C20H15ClN4OS/c21-15-8-10-16(11-9-15)25-18-17(13-22-25)19(26)24-20(23-18)27-12-4-7-14-5-2-1-3-6-14/h1-11,13H,12H2,(H,23,24,26)/b7-4+. The summed E-state index contributed by atoms with van der Waals surface area (Å²) in [4.78, 5) is 19.7.